The average molecular weight is 235 g/mol. The highest BCUT2D eigenvalue weighted by Gasteiger charge is 2.26. The second-order valence-electron chi connectivity index (χ2n) is 4.56. The van der Waals surface area contributed by atoms with Crippen LogP contribution in [0.4, 0.5) is 5.69 Å². The smallest absolute Gasteiger partial charge is 0.0600 e. The lowest BCUT2D eigenvalue weighted by Crippen LogP contribution is -2.41. The van der Waals surface area contributed by atoms with Gasteiger partial charge in [0.25, 0.3) is 0 Å². The van der Waals surface area contributed by atoms with E-state index in [1.165, 1.54) is 19.3 Å². The molecule has 1 heterocycles. The van der Waals surface area contributed by atoms with Crippen LogP contribution in [0, 0.1) is 0 Å². The Kier molecular flexibility index (Phi) is 4.34. The number of anilines is 1. The third-order valence-electron chi connectivity index (χ3n) is 3.49. The molecule has 1 aromatic heterocycles. The summed E-state index contributed by atoms with van der Waals surface area (Å²) in [4.78, 5) is 6.57. The van der Waals surface area contributed by atoms with Crippen LogP contribution in [0.5, 0.6) is 0 Å². The van der Waals surface area contributed by atoms with E-state index in [2.05, 4.69) is 9.88 Å². The summed E-state index contributed by atoms with van der Waals surface area (Å²) >= 11 is 0. The lowest BCUT2D eigenvalue weighted by Gasteiger charge is -2.40. The molecule has 3 N–H and O–H groups in total. The molecule has 1 aromatic rings. The molecule has 94 valence electrons. The highest BCUT2D eigenvalue weighted by molar-refractivity contribution is 5.52. The van der Waals surface area contributed by atoms with Crippen molar-refractivity contribution >= 4 is 5.69 Å². The van der Waals surface area contributed by atoms with Crippen LogP contribution in [0.2, 0.25) is 0 Å². The van der Waals surface area contributed by atoms with Crippen molar-refractivity contribution < 1.29 is 5.11 Å². The average Bonchev–Trinajstić information content (AvgIpc) is 2.32. The molecule has 2 rings (SSSR count). The molecule has 1 fully saturated rings. The van der Waals surface area contributed by atoms with E-state index in [9.17, 15) is 0 Å². The summed E-state index contributed by atoms with van der Waals surface area (Å²) < 4.78 is 0. The normalized spacial score (nSPS) is 15.6. The first-order valence-corrected chi connectivity index (χ1v) is 6.37. The van der Waals surface area contributed by atoms with E-state index < -0.39 is 0 Å². The number of rotatable bonds is 6. The number of hydrogen-bond donors (Lipinski definition) is 2. The van der Waals surface area contributed by atoms with Gasteiger partial charge in [0.1, 0.15) is 0 Å². The molecular formula is C13H21N3O. The Morgan fingerprint density at radius 3 is 2.88 bits per heavy atom. The van der Waals surface area contributed by atoms with Crippen LogP contribution in [0.25, 0.3) is 0 Å². The first-order valence-electron chi connectivity index (χ1n) is 6.37. The monoisotopic (exact) mass is 235 g/mol. The zero-order valence-corrected chi connectivity index (χ0v) is 10.2. The van der Waals surface area contributed by atoms with Crippen molar-refractivity contribution in [2.24, 2.45) is 5.73 Å². The van der Waals surface area contributed by atoms with Crippen LogP contribution >= 0.6 is 0 Å². The number of hydrogen-bond acceptors (Lipinski definition) is 4. The summed E-state index contributed by atoms with van der Waals surface area (Å²) in [5, 5.41) is 8.99. The fraction of sp³-hybridized carbons (Fsp3) is 0.615. The van der Waals surface area contributed by atoms with Crippen molar-refractivity contribution in [3.8, 4) is 0 Å². The van der Waals surface area contributed by atoms with E-state index in [1.54, 1.807) is 6.20 Å². The van der Waals surface area contributed by atoms with Crippen molar-refractivity contribution in [2.45, 2.75) is 38.3 Å². The third-order valence-corrected chi connectivity index (χ3v) is 3.49. The lowest BCUT2D eigenvalue weighted by atomic mass is 9.90. The SMILES string of the molecule is NCc1ccncc1N(CCCO)C1CCC1. The summed E-state index contributed by atoms with van der Waals surface area (Å²) in [6.07, 6.45) is 8.27. The number of aliphatic hydroxyl groups is 1. The van der Waals surface area contributed by atoms with Gasteiger partial charge in [-0.2, -0.15) is 0 Å². The van der Waals surface area contributed by atoms with Gasteiger partial charge >= 0.3 is 0 Å². The summed E-state index contributed by atoms with van der Waals surface area (Å²) in [7, 11) is 0. The maximum atomic E-state index is 8.99. The minimum absolute atomic E-state index is 0.238. The van der Waals surface area contributed by atoms with E-state index >= 15 is 0 Å². The number of nitrogens with two attached hydrogens (primary N) is 1. The molecule has 0 saturated heterocycles. The summed E-state index contributed by atoms with van der Waals surface area (Å²) in [6, 6.07) is 2.59. The molecular weight excluding hydrogens is 214 g/mol. The van der Waals surface area contributed by atoms with E-state index in [0.717, 1.165) is 24.2 Å². The van der Waals surface area contributed by atoms with Gasteiger partial charge in [-0.1, -0.05) is 0 Å². The Morgan fingerprint density at radius 2 is 2.29 bits per heavy atom. The molecule has 17 heavy (non-hydrogen) atoms. The van der Waals surface area contributed by atoms with Crippen molar-refractivity contribution in [3.63, 3.8) is 0 Å². The zero-order valence-electron chi connectivity index (χ0n) is 10.2. The van der Waals surface area contributed by atoms with Gasteiger partial charge in [-0.15, -0.1) is 0 Å². The highest BCUT2D eigenvalue weighted by atomic mass is 16.3. The molecule has 0 amide bonds. The van der Waals surface area contributed by atoms with Gasteiger partial charge in [-0.25, -0.2) is 0 Å². The van der Waals surface area contributed by atoms with Crippen molar-refractivity contribution in [3.05, 3.63) is 24.0 Å². The van der Waals surface area contributed by atoms with Crippen LogP contribution in [-0.2, 0) is 6.54 Å². The Bertz CT molecular complexity index is 352. The molecule has 1 aliphatic rings. The van der Waals surface area contributed by atoms with Gasteiger partial charge in [0.2, 0.25) is 0 Å². The van der Waals surface area contributed by atoms with E-state index in [4.69, 9.17) is 10.8 Å². The Hall–Kier alpha value is -1.13. The third kappa shape index (κ3) is 2.76. The van der Waals surface area contributed by atoms with Crippen LogP contribution in [-0.4, -0.2) is 29.3 Å². The Labute approximate surface area is 102 Å². The summed E-state index contributed by atoms with van der Waals surface area (Å²) in [5.74, 6) is 0. The first kappa shape index (κ1) is 12.3. The number of pyridine rings is 1. The van der Waals surface area contributed by atoms with Gasteiger partial charge in [-0.05, 0) is 37.3 Å². The fourth-order valence-electron chi connectivity index (χ4n) is 2.29. The molecule has 0 aliphatic heterocycles. The molecule has 0 aromatic carbocycles. The number of aromatic nitrogens is 1. The second kappa shape index (κ2) is 5.98. The second-order valence-corrected chi connectivity index (χ2v) is 4.56. The van der Waals surface area contributed by atoms with Crippen LogP contribution < -0.4 is 10.6 Å². The quantitative estimate of drug-likeness (QED) is 0.779. The van der Waals surface area contributed by atoms with Crippen molar-refractivity contribution in [1.82, 2.24) is 4.98 Å². The zero-order chi connectivity index (χ0) is 12.1. The summed E-state index contributed by atoms with van der Waals surface area (Å²) in [6.45, 7) is 1.67. The predicted octanol–water partition coefficient (Wildman–Crippen LogP) is 1.28. The first-order chi connectivity index (χ1) is 8.36. The molecule has 1 saturated carbocycles. The molecule has 4 heteroatoms. The topological polar surface area (TPSA) is 62.4 Å². The Balaban J connectivity index is 2.17. The minimum atomic E-state index is 0.238. The maximum absolute atomic E-state index is 8.99. The fourth-order valence-corrected chi connectivity index (χ4v) is 2.29. The van der Waals surface area contributed by atoms with Crippen molar-refractivity contribution in [2.75, 3.05) is 18.1 Å². The van der Waals surface area contributed by atoms with Gasteiger partial charge in [-0.3, -0.25) is 4.98 Å². The molecule has 0 unspecified atom stereocenters. The van der Waals surface area contributed by atoms with Crippen LogP contribution in [0.3, 0.4) is 0 Å². The molecule has 0 bridgehead atoms. The Morgan fingerprint density at radius 1 is 1.47 bits per heavy atom. The van der Waals surface area contributed by atoms with E-state index in [1.807, 2.05) is 12.3 Å². The maximum Gasteiger partial charge on any atom is 0.0600 e. The molecule has 4 nitrogen and oxygen atoms in total. The predicted molar refractivity (Wildman–Crippen MR) is 68.8 cm³/mol. The van der Waals surface area contributed by atoms with E-state index in [0.29, 0.717) is 12.6 Å². The van der Waals surface area contributed by atoms with Gasteiger partial charge < -0.3 is 15.7 Å². The lowest BCUT2D eigenvalue weighted by molar-refractivity contribution is 0.283. The molecule has 1 aliphatic carbocycles. The molecule has 0 atom stereocenters. The molecule has 0 spiro atoms. The number of aliphatic hydroxyl groups excluding tert-OH is 1. The van der Waals surface area contributed by atoms with Gasteiger partial charge in [0, 0.05) is 31.9 Å². The van der Waals surface area contributed by atoms with E-state index in [-0.39, 0.29) is 6.61 Å². The van der Waals surface area contributed by atoms with Gasteiger partial charge in [0.05, 0.1) is 11.9 Å². The largest absolute Gasteiger partial charge is 0.396 e. The number of nitrogens with zero attached hydrogens (tertiary/aromatic N) is 2. The highest BCUT2D eigenvalue weighted by Crippen LogP contribution is 2.31. The van der Waals surface area contributed by atoms with Crippen molar-refractivity contribution in [1.29, 1.82) is 0 Å². The summed E-state index contributed by atoms with van der Waals surface area (Å²) in [5.41, 5.74) is 8.06. The molecule has 0 radical (unpaired) electrons. The van der Waals surface area contributed by atoms with Crippen LogP contribution in [0.1, 0.15) is 31.2 Å². The van der Waals surface area contributed by atoms with Gasteiger partial charge in [0.15, 0.2) is 0 Å². The standard InChI is InChI=1S/C13H21N3O/c14-9-11-5-6-15-10-13(11)16(7-2-8-17)12-3-1-4-12/h5-6,10,12,17H,1-4,7-9,14H2. The van der Waals surface area contributed by atoms with Crippen LogP contribution in [0.15, 0.2) is 18.5 Å². The minimum Gasteiger partial charge on any atom is -0.396 e.